The fourth-order valence-corrected chi connectivity index (χ4v) is 10.4. The molecule has 0 saturated carbocycles. The van der Waals surface area contributed by atoms with Crippen molar-refractivity contribution in [2.45, 2.75) is 146 Å². The van der Waals surface area contributed by atoms with Crippen LogP contribution < -0.4 is 16.0 Å². The standard InChI is InChI=1S/C55H76N4O5/c1-13-39-35(8)42-28-44-37(10)41(24-25-48(60)64-27-26-34(7)23-17-22-33(6)21-16-20-32(5)19-15-18-31(3)4)52(58-44)50-51(55(62)63-12)54(61)49-38(11)45(59-53(49)50)30-47-40(14-2)36(9)43(57-47)29-46(39)56-42/h13,26,28-33,37,41,51,56-59H,1,14-25,27H2,2-12H3/b34-26+,43-29-,44-28-,47-30+,52-50-/t32-,33-,37+,41+,51+/m1/s1. The minimum atomic E-state index is -1.14. The molecule has 6 rings (SSSR count). The lowest BCUT2D eigenvalue weighted by Gasteiger charge is -2.19. The first-order valence-electron chi connectivity index (χ1n) is 24.2. The van der Waals surface area contributed by atoms with Gasteiger partial charge in [0.15, 0.2) is 5.78 Å². The molecule has 9 nitrogen and oxygen atoms in total. The van der Waals surface area contributed by atoms with Crippen LogP contribution in [0.25, 0.3) is 29.9 Å². The number of H-pyrrole nitrogens is 3. The van der Waals surface area contributed by atoms with Gasteiger partial charge in [0.25, 0.3) is 0 Å². The van der Waals surface area contributed by atoms with Crippen molar-refractivity contribution in [1.29, 1.82) is 0 Å². The van der Waals surface area contributed by atoms with Gasteiger partial charge in [-0.1, -0.05) is 105 Å². The molecule has 3 aromatic heterocycles. The number of rotatable bonds is 20. The zero-order valence-electron chi connectivity index (χ0n) is 40.8. The van der Waals surface area contributed by atoms with Crippen LogP contribution >= 0.6 is 0 Å². The number of ketones is 1. The summed E-state index contributed by atoms with van der Waals surface area (Å²) in [6, 6.07) is 0. The fourth-order valence-electron chi connectivity index (χ4n) is 10.4. The Labute approximate surface area is 382 Å². The molecular weight excluding hydrogens is 797 g/mol. The van der Waals surface area contributed by atoms with E-state index in [1.807, 2.05) is 19.1 Å². The predicted molar refractivity (Wildman–Crippen MR) is 262 cm³/mol. The molecule has 346 valence electrons. The van der Waals surface area contributed by atoms with Gasteiger partial charge in [0.1, 0.15) is 12.5 Å². The summed E-state index contributed by atoms with van der Waals surface area (Å²) in [6.45, 7) is 26.4. The number of nitrogens with one attached hydrogen (secondary N) is 4. The normalized spacial score (nSPS) is 22.0. The molecule has 9 heteroatoms. The molecule has 3 aromatic rings. The number of hydrogen-bond donors (Lipinski definition) is 4. The van der Waals surface area contributed by atoms with Crippen LogP contribution in [0.5, 0.6) is 0 Å². The quantitative estimate of drug-likeness (QED) is 0.0508. The van der Waals surface area contributed by atoms with Crippen molar-refractivity contribution in [3.05, 3.63) is 96.5 Å². The summed E-state index contributed by atoms with van der Waals surface area (Å²) in [4.78, 5) is 52.4. The molecule has 8 bridgehead atoms. The molecule has 0 aromatic carbocycles. The molecule has 0 amide bonds. The first-order chi connectivity index (χ1) is 30.6. The van der Waals surface area contributed by atoms with E-state index in [0.717, 1.165) is 98.4 Å². The summed E-state index contributed by atoms with van der Waals surface area (Å²) in [5.41, 5.74) is 12.5. The van der Waals surface area contributed by atoms with Crippen LogP contribution in [0, 0.1) is 56.3 Å². The number of Topliss-reactive ketones (excluding diaryl/α,β-unsaturated/α-hetero) is 1. The third-order valence-corrected chi connectivity index (χ3v) is 14.6. The summed E-state index contributed by atoms with van der Waals surface area (Å²) < 4.78 is 11.1. The topological polar surface area (TPSA) is 129 Å². The fraction of sp³-hybridized carbons (Fsp3) is 0.545. The van der Waals surface area contributed by atoms with E-state index in [-0.39, 0.29) is 36.6 Å². The first kappa shape index (κ1) is 48.4. The lowest BCUT2D eigenvalue weighted by molar-refractivity contribution is -0.143. The number of methoxy groups -OCH3 is 1. The van der Waals surface area contributed by atoms with Crippen molar-refractivity contribution in [2.75, 3.05) is 13.7 Å². The summed E-state index contributed by atoms with van der Waals surface area (Å²) >= 11 is 0. The Morgan fingerprint density at radius 3 is 2.14 bits per heavy atom. The lowest BCUT2D eigenvalue weighted by Crippen LogP contribution is -2.25. The minimum absolute atomic E-state index is 0.0876. The molecule has 4 N–H and O–H groups in total. The number of aromatic nitrogens is 3. The van der Waals surface area contributed by atoms with Gasteiger partial charge in [-0.15, -0.1) is 0 Å². The molecule has 1 fully saturated rings. The van der Waals surface area contributed by atoms with Crippen molar-refractivity contribution in [3.63, 3.8) is 0 Å². The molecular formula is C55H76N4O5. The number of aromatic amines is 3. The number of hydrogen-bond acceptors (Lipinski definition) is 6. The van der Waals surface area contributed by atoms with E-state index in [9.17, 15) is 14.4 Å². The minimum Gasteiger partial charge on any atom is -0.468 e. The SMILES string of the molecule is C=Cc1c2[nH]c(c1C)/C=C1\N/C(=C3\c4[nH]c(c(C)c4C(=O)[C@H]3C(=O)OC)/C=c3/[nH]/c(c(C)c3CC)=C\2)[C@@H](CCC(=O)OC/C=C(\C)CCC[C@H](C)CCC[C@H](C)CCCC(C)C)[C@@H]1C. The highest BCUT2D eigenvalue weighted by Gasteiger charge is 2.48. The van der Waals surface area contributed by atoms with Gasteiger partial charge < -0.3 is 29.7 Å². The Hall–Kier alpha value is -5.05. The van der Waals surface area contributed by atoms with Crippen LogP contribution in [0.3, 0.4) is 0 Å². The van der Waals surface area contributed by atoms with E-state index in [1.165, 1.54) is 63.2 Å². The average Bonchev–Trinajstić information content (AvgIpc) is 3.99. The maximum atomic E-state index is 14.4. The smallest absolute Gasteiger partial charge is 0.321 e. The monoisotopic (exact) mass is 873 g/mol. The van der Waals surface area contributed by atoms with E-state index < -0.39 is 11.9 Å². The number of carbonyl (C=O) groups is 3. The summed E-state index contributed by atoms with van der Waals surface area (Å²) in [7, 11) is 1.32. The van der Waals surface area contributed by atoms with Crippen molar-refractivity contribution in [1.82, 2.24) is 20.3 Å². The maximum Gasteiger partial charge on any atom is 0.321 e. The molecule has 5 heterocycles. The third kappa shape index (κ3) is 10.6. The largest absolute Gasteiger partial charge is 0.468 e. The number of carbonyl (C=O) groups excluding carboxylic acids is 3. The Kier molecular flexibility index (Phi) is 16.1. The highest BCUT2D eigenvalue weighted by Crippen LogP contribution is 2.48. The first-order valence-corrected chi connectivity index (χ1v) is 24.2. The Morgan fingerprint density at radius 2 is 1.48 bits per heavy atom. The van der Waals surface area contributed by atoms with Gasteiger partial charge in [0.2, 0.25) is 0 Å². The van der Waals surface area contributed by atoms with Crippen LogP contribution in [0.2, 0.25) is 0 Å². The van der Waals surface area contributed by atoms with Gasteiger partial charge in [-0.05, 0) is 118 Å². The number of fused-ring (bicyclic) bond motifs is 7. The molecule has 2 aliphatic heterocycles. The molecule has 0 radical (unpaired) electrons. The second-order valence-electron chi connectivity index (χ2n) is 19.7. The molecule has 5 atom stereocenters. The van der Waals surface area contributed by atoms with Crippen molar-refractivity contribution in [2.24, 2.45) is 35.5 Å². The highest BCUT2D eigenvalue weighted by molar-refractivity contribution is 6.24. The summed E-state index contributed by atoms with van der Waals surface area (Å²) in [6.07, 6.45) is 23.1. The van der Waals surface area contributed by atoms with E-state index in [1.54, 1.807) is 0 Å². The van der Waals surface area contributed by atoms with Gasteiger partial charge in [0.05, 0.1) is 12.8 Å². The zero-order valence-corrected chi connectivity index (χ0v) is 40.8. The molecule has 64 heavy (non-hydrogen) atoms. The van der Waals surface area contributed by atoms with Crippen LogP contribution in [0.1, 0.15) is 180 Å². The third-order valence-electron chi connectivity index (χ3n) is 14.6. The van der Waals surface area contributed by atoms with Crippen molar-refractivity contribution >= 4 is 47.6 Å². The summed E-state index contributed by atoms with van der Waals surface area (Å²) in [5.74, 6) is -0.275. The molecule has 1 saturated heterocycles. The number of allylic oxidation sites excluding steroid dienone is 3. The number of esters is 2. The van der Waals surface area contributed by atoms with Crippen molar-refractivity contribution < 1.29 is 23.9 Å². The highest BCUT2D eigenvalue weighted by atomic mass is 16.5. The Balaban J connectivity index is 1.21. The molecule has 3 aliphatic rings. The summed E-state index contributed by atoms with van der Waals surface area (Å²) in [5, 5.41) is 5.66. The van der Waals surface area contributed by atoms with E-state index in [2.05, 4.69) is 107 Å². The second-order valence-corrected chi connectivity index (χ2v) is 19.7. The van der Waals surface area contributed by atoms with Crippen LogP contribution in [0.4, 0.5) is 0 Å². The average molecular weight is 873 g/mol. The number of ether oxygens (including phenoxy) is 2. The van der Waals surface area contributed by atoms with Crippen LogP contribution in [-0.2, 0) is 25.5 Å². The Bertz CT molecular complexity index is 2450. The van der Waals surface area contributed by atoms with Gasteiger partial charge >= 0.3 is 11.9 Å². The second kappa shape index (κ2) is 21.3. The van der Waals surface area contributed by atoms with Crippen LogP contribution in [0.15, 0.2) is 29.6 Å². The molecule has 1 aliphatic carbocycles. The Morgan fingerprint density at radius 1 is 0.828 bits per heavy atom. The predicted octanol–water partition coefficient (Wildman–Crippen LogP) is 11.1. The van der Waals surface area contributed by atoms with Gasteiger partial charge in [0, 0.05) is 74.1 Å². The van der Waals surface area contributed by atoms with E-state index >= 15 is 0 Å². The maximum absolute atomic E-state index is 14.4. The van der Waals surface area contributed by atoms with E-state index in [0.29, 0.717) is 23.3 Å². The van der Waals surface area contributed by atoms with Gasteiger partial charge in [-0.2, -0.15) is 0 Å². The van der Waals surface area contributed by atoms with Gasteiger partial charge in [-0.25, -0.2) is 0 Å². The zero-order chi connectivity index (χ0) is 46.4. The van der Waals surface area contributed by atoms with Crippen molar-refractivity contribution in [3.8, 4) is 0 Å². The lowest BCUT2D eigenvalue weighted by atomic mass is 9.85. The molecule has 0 spiro atoms. The molecule has 0 unspecified atom stereocenters. The van der Waals surface area contributed by atoms with Crippen LogP contribution in [-0.4, -0.2) is 46.4 Å². The van der Waals surface area contributed by atoms with Gasteiger partial charge in [-0.3, -0.25) is 14.4 Å². The van der Waals surface area contributed by atoms with E-state index in [4.69, 9.17) is 9.47 Å².